The first-order valence-corrected chi connectivity index (χ1v) is 17.1. The first-order chi connectivity index (χ1) is 24.3. The molecule has 2 atom stereocenters. The number of nitrogens with one attached hydrogen (secondary N) is 4. The van der Waals surface area contributed by atoms with Crippen LogP contribution in [-0.4, -0.2) is 90.8 Å². The predicted molar refractivity (Wildman–Crippen MR) is 202 cm³/mol. The van der Waals surface area contributed by atoms with Gasteiger partial charge in [-0.15, -0.1) is 24.8 Å². The van der Waals surface area contributed by atoms with Crippen molar-refractivity contribution in [2.75, 3.05) is 39.3 Å². The van der Waals surface area contributed by atoms with Crippen molar-refractivity contribution in [2.45, 2.75) is 57.0 Å². The molecule has 4 rings (SSSR count). The first kappa shape index (κ1) is 43.4. The van der Waals surface area contributed by atoms with Crippen LogP contribution >= 0.6 is 24.8 Å². The zero-order chi connectivity index (χ0) is 35.6. The summed E-state index contributed by atoms with van der Waals surface area (Å²) in [6.45, 7) is 1.48. The third-order valence-electron chi connectivity index (χ3n) is 8.18. The van der Waals surface area contributed by atoms with Crippen molar-refractivity contribution < 1.29 is 28.7 Å². The van der Waals surface area contributed by atoms with E-state index in [2.05, 4.69) is 26.3 Å². The number of unbranched alkanes of at least 4 members (excludes halogenated alkanes) is 1. The Hall–Kier alpha value is -4.72. The van der Waals surface area contributed by atoms with E-state index in [9.17, 15) is 24.0 Å². The van der Waals surface area contributed by atoms with Gasteiger partial charge in [0.25, 0.3) is 5.91 Å². The molecule has 52 heavy (non-hydrogen) atoms. The van der Waals surface area contributed by atoms with Crippen LogP contribution in [0.2, 0.25) is 0 Å². The Balaban J connectivity index is 0.00000468. The average Bonchev–Trinajstić information content (AvgIpc) is 3.12. The molecule has 0 radical (unpaired) electrons. The van der Waals surface area contributed by atoms with Crippen LogP contribution in [0.1, 0.15) is 53.6 Å². The van der Waals surface area contributed by atoms with Crippen molar-refractivity contribution in [3.63, 3.8) is 0 Å². The van der Waals surface area contributed by atoms with E-state index in [0.29, 0.717) is 49.1 Å². The van der Waals surface area contributed by atoms with E-state index >= 15 is 0 Å². The summed E-state index contributed by atoms with van der Waals surface area (Å²) < 4.78 is 5.81. The number of pyridine rings is 1. The molecule has 2 aromatic carbocycles. The summed E-state index contributed by atoms with van der Waals surface area (Å²) in [7, 11) is 0. The molecule has 1 aliphatic rings. The van der Waals surface area contributed by atoms with E-state index in [-0.39, 0.29) is 94.6 Å². The number of nitrogens with zero attached hydrogens (tertiary/aromatic N) is 2. The number of nitrogens with two attached hydrogens (primary N) is 1. The zero-order valence-electron chi connectivity index (χ0n) is 29.1. The van der Waals surface area contributed by atoms with E-state index in [1.54, 1.807) is 47.5 Å². The van der Waals surface area contributed by atoms with Crippen LogP contribution in [0.5, 0.6) is 5.75 Å². The molecule has 282 valence electrons. The van der Waals surface area contributed by atoms with Crippen LogP contribution in [0.3, 0.4) is 0 Å². The maximum atomic E-state index is 13.7. The van der Waals surface area contributed by atoms with Crippen molar-refractivity contribution in [1.82, 2.24) is 31.2 Å². The molecule has 1 aromatic heterocycles. The van der Waals surface area contributed by atoms with Crippen molar-refractivity contribution in [3.8, 4) is 5.75 Å². The molecule has 0 saturated carbocycles. The Labute approximate surface area is 317 Å². The topological polar surface area (TPSA) is 185 Å². The van der Waals surface area contributed by atoms with Crippen LogP contribution < -0.4 is 31.7 Å². The second kappa shape index (κ2) is 23.7. The molecule has 15 heteroatoms. The number of ether oxygens (including phenoxy) is 1. The third-order valence-corrected chi connectivity index (χ3v) is 8.18. The molecule has 13 nitrogen and oxygen atoms in total. The Morgan fingerprint density at radius 1 is 0.846 bits per heavy atom. The number of fused-ring (bicyclic) bond motifs is 2. The lowest BCUT2D eigenvalue weighted by molar-refractivity contribution is -0.132. The summed E-state index contributed by atoms with van der Waals surface area (Å²) >= 11 is 0. The summed E-state index contributed by atoms with van der Waals surface area (Å²) in [6.07, 6.45) is 5.47. The third kappa shape index (κ3) is 14.9. The average molecular weight is 759 g/mol. The zero-order valence-corrected chi connectivity index (χ0v) is 30.7. The summed E-state index contributed by atoms with van der Waals surface area (Å²) in [5.41, 5.74) is 7.62. The second-order valence-corrected chi connectivity index (χ2v) is 12.1. The molecule has 2 heterocycles. The van der Waals surface area contributed by atoms with Gasteiger partial charge in [0.1, 0.15) is 24.4 Å². The summed E-state index contributed by atoms with van der Waals surface area (Å²) in [5.74, 6) is -1.19. The number of rotatable bonds is 7. The highest BCUT2D eigenvalue weighted by Gasteiger charge is 2.27. The molecule has 0 unspecified atom stereocenters. The number of carbonyl (C=O) groups is 5. The molecule has 0 spiro atoms. The monoisotopic (exact) mass is 757 g/mol. The van der Waals surface area contributed by atoms with Crippen LogP contribution in [0, 0.1) is 0 Å². The molecular weight excluding hydrogens is 709 g/mol. The smallest absolute Gasteiger partial charge is 0.255 e. The standard InChI is InChI=1S/C37H47N7O6.2ClH/c38-16-5-4-14-31-36(48)43-32(24-27-9-2-1-3-10-27)35(47)41-18-21-44(37(49)29-12-7-17-39-26-29)20-8-15-33(45)40-19-22-50-30-13-6-11-28(23-30)25-34(46)42-31;;/h1-3,6-7,9-13,17,23,26,31-32H,4-5,8,14-16,18-22,24-25,38H2,(H,40,45)(H,41,47)(H,42,46)(H,43,48);2*1H/t31-,32+;;/m0../s1. The molecule has 0 aliphatic carbocycles. The van der Waals surface area contributed by atoms with Gasteiger partial charge in [0.15, 0.2) is 0 Å². The van der Waals surface area contributed by atoms with Gasteiger partial charge in [-0.25, -0.2) is 0 Å². The first-order valence-electron chi connectivity index (χ1n) is 17.1. The number of amides is 5. The number of halogens is 2. The van der Waals surface area contributed by atoms with E-state index < -0.39 is 23.9 Å². The van der Waals surface area contributed by atoms with Crippen molar-refractivity contribution in [3.05, 3.63) is 95.8 Å². The molecule has 0 saturated heterocycles. The van der Waals surface area contributed by atoms with Crippen LogP contribution in [0.25, 0.3) is 0 Å². The lowest BCUT2D eigenvalue weighted by Gasteiger charge is -2.25. The molecular formula is C37H49Cl2N7O6. The Morgan fingerprint density at radius 2 is 1.65 bits per heavy atom. The minimum absolute atomic E-state index is 0. The van der Waals surface area contributed by atoms with Gasteiger partial charge in [-0.3, -0.25) is 29.0 Å². The number of hydrogen-bond donors (Lipinski definition) is 5. The van der Waals surface area contributed by atoms with Gasteiger partial charge in [-0.05, 0) is 67.6 Å². The second-order valence-electron chi connectivity index (χ2n) is 12.1. The van der Waals surface area contributed by atoms with Gasteiger partial charge in [0.05, 0.1) is 18.5 Å². The molecule has 6 N–H and O–H groups in total. The van der Waals surface area contributed by atoms with E-state index in [1.165, 1.54) is 6.20 Å². The van der Waals surface area contributed by atoms with E-state index in [0.717, 1.165) is 5.56 Å². The molecule has 3 aromatic rings. The molecule has 2 bridgehead atoms. The fourth-order valence-corrected chi connectivity index (χ4v) is 5.57. The number of aromatic nitrogens is 1. The van der Waals surface area contributed by atoms with Crippen LogP contribution in [0.4, 0.5) is 0 Å². The Morgan fingerprint density at radius 3 is 2.40 bits per heavy atom. The summed E-state index contributed by atoms with van der Waals surface area (Å²) in [4.78, 5) is 72.2. The fourth-order valence-electron chi connectivity index (χ4n) is 5.57. The lowest BCUT2D eigenvalue weighted by Crippen LogP contribution is -2.55. The molecule has 1 aliphatic heterocycles. The van der Waals surface area contributed by atoms with E-state index in [4.69, 9.17) is 10.5 Å². The minimum atomic E-state index is -0.958. The van der Waals surface area contributed by atoms with Crippen LogP contribution in [0.15, 0.2) is 79.1 Å². The SMILES string of the molecule is Cl.Cl.NCCCC[C@@H]1NC(=O)Cc2cccc(c2)OCCNC(=O)CCCN(C(=O)c2cccnc2)CCNC(=O)[C@@H](Cc2ccccc2)NC1=O. The Bertz CT molecular complexity index is 1570. The predicted octanol–water partition coefficient (Wildman–Crippen LogP) is 2.36. The fraction of sp³-hybridized carbons (Fsp3) is 0.405. The highest BCUT2D eigenvalue weighted by Crippen LogP contribution is 2.14. The van der Waals surface area contributed by atoms with Crippen molar-refractivity contribution in [2.24, 2.45) is 5.73 Å². The van der Waals surface area contributed by atoms with Gasteiger partial charge >= 0.3 is 0 Å². The Kier molecular flexibility index (Phi) is 19.8. The van der Waals surface area contributed by atoms with Gasteiger partial charge < -0.3 is 36.6 Å². The number of benzene rings is 2. The summed E-state index contributed by atoms with van der Waals surface area (Å²) in [6, 6.07) is 17.9. The number of carbonyl (C=O) groups excluding carboxylic acids is 5. The van der Waals surface area contributed by atoms with Gasteiger partial charge in [0, 0.05) is 44.9 Å². The maximum Gasteiger partial charge on any atom is 0.255 e. The van der Waals surface area contributed by atoms with Gasteiger partial charge in [-0.1, -0.05) is 42.5 Å². The summed E-state index contributed by atoms with van der Waals surface area (Å²) in [5, 5.41) is 11.4. The van der Waals surface area contributed by atoms with E-state index in [1.807, 2.05) is 30.3 Å². The van der Waals surface area contributed by atoms with Crippen molar-refractivity contribution >= 4 is 54.3 Å². The minimum Gasteiger partial charge on any atom is -0.492 e. The quantitative estimate of drug-likeness (QED) is 0.228. The number of hydrogen-bond acceptors (Lipinski definition) is 8. The lowest BCUT2D eigenvalue weighted by atomic mass is 10.0. The van der Waals surface area contributed by atoms with Gasteiger partial charge in [-0.2, -0.15) is 0 Å². The van der Waals surface area contributed by atoms with Crippen LogP contribution in [-0.2, 0) is 32.0 Å². The molecule has 5 amide bonds. The highest BCUT2D eigenvalue weighted by atomic mass is 35.5. The maximum absolute atomic E-state index is 13.7. The normalized spacial score (nSPS) is 18.1. The van der Waals surface area contributed by atoms with Gasteiger partial charge in [0.2, 0.25) is 23.6 Å². The highest BCUT2D eigenvalue weighted by molar-refractivity contribution is 5.94. The molecule has 0 fully saturated rings. The largest absolute Gasteiger partial charge is 0.492 e. The van der Waals surface area contributed by atoms with Crippen molar-refractivity contribution in [1.29, 1.82) is 0 Å².